The molecule has 2 aromatic carbocycles. The van der Waals surface area contributed by atoms with E-state index in [9.17, 15) is 4.79 Å². The van der Waals surface area contributed by atoms with Crippen molar-refractivity contribution < 1.29 is 4.79 Å². The molecule has 1 aliphatic heterocycles. The number of amides is 1. The first-order valence-electron chi connectivity index (χ1n) is 9.17. The molecule has 4 nitrogen and oxygen atoms in total. The Kier molecular flexibility index (Phi) is 4.79. The zero-order valence-corrected chi connectivity index (χ0v) is 16.6. The second kappa shape index (κ2) is 7.24. The van der Waals surface area contributed by atoms with E-state index in [1.807, 2.05) is 41.9 Å². The summed E-state index contributed by atoms with van der Waals surface area (Å²) in [6.07, 6.45) is 0.799. The molecule has 27 heavy (non-hydrogen) atoms. The third kappa shape index (κ3) is 3.52. The number of rotatable bonds is 4. The van der Waals surface area contributed by atoms with Crippen molar-refractivity contribution in [1.82, 2.24) is 15.1 Å². The fraction of sp³-hybridized carbons (Fsp3) is 0.273. The molecule has 0 spiro atoms. The maximum absolute atomic E-state index is 12.7. The summed E-state index contributed by atoms with van der Waals surface area (Å²) < 4.78 is 1.94. The van der Waals surface area contributed by atoms with Crippen LogP contribution in [0.2, 0.25) is 0 Å². The number of aryl methyl sites for hydroxylation is 2. The van der Waals surface area contributed by atoms with E-state index in [4.69, 9.17) is 0 Å². The number of nitrogens with zero attached hydrogens (tertiary/aromatic N) is 2. The number of nitrogens with one attached hydrogen (secondary N) is 1. The molecule has 1 amide bonds. The molecule has 0 saturated heterocycles. The third-order valence-corrected chi connectivity index (χ3v) is 6.37. The predicted molar refractivity (Wildman–Crippen MR) is 109 cm³/mol. The molecule has 0 saturated carbocycles. The highest BCUT2D eigenvalue weighted by Gasteiger charge is 2.28. The maximum atomic E-state index is 12.7. The van der Waals surface area contributed by atoms with E-state index in [0.717, 1.165) is 29.1 Å². The topological polar surface area (TPSA) is 46.9 Å². The van der Waals surface area contributed by atoms with Gasteiger partial charge >= 0.3 is 0 Å². The molecule has 4 rings (SSSR count). The lowest BCUT2D eigenvalue weighted by Crippen LogP contribution is -2.32. The lowest BCUT2D eigenvalue weighted by Gasteiger charge is -2.10. The smallest absolute Gasteiger partial charge is 0.234 e. The highest BCUT2D eigenvalue weighted by molar-refractivity contribution is 8.01. The van der Waals surface area contributed by atoms with Crippen LogP contribution in [0.15, 0.2) is 53.4 Å². The van der Waals surface area contributed by atoms with E-state index in [1.54, 1.807) is 11.8 Å². The fourth-order valence-corrected chi connectivity index (χ4v) is 4.84. The Morgan fingerprint density at radius 1 is 1.19 bits per heavy atom. The van der Waals surface area contributed by atoms with Crippen LogP contribution in [0.5, 0.6) is 0 Å². The van der Waals surface area contributed by atoms with E-state index < -0.39 is 0 Å². The van der Waals surface area contributed by atoms with Crippen LogP contribution in [-0.4, -0.2) is 20.9 Å². The molecule has 1 N–H and O–H groups in total. The van der Waals surface area contributed by atoms with Crippen molar-refractivity contribution in [3.8, 4) is 5.69 Å². The lowest BCUT2D eigenvalue weighted by atomic mass is 10.1. The Morgan fingerprint density at radius 2 is 1.96 bits per heavy atom. The summed E-state index contributed by atoms with van der Waals surface area (Å²) >= 11 is 1.67. The van der Waals surface area contributed by atoms with Gasteiger partial charge in [-0.25, -0.2) is 4.68 Å². The molecular formula is C22H23N3OS. The molecular weight excluding hydrogens is 354 g/mol. The van der Waals surface area contributed by atoms with Crippen molar-refractivity contribution in [3.05, 3.63) is 76.6 Å². The molecule has 2 heterocycles. The van der Waals surface area contributed by atoms with Crippen LogP contribution in [0.25, 0.3) is 5.69 Å². The zero-order valence-electron chi connectivity index (χ0n) is 15.8. The molecule has 1 unspecified atom stereocenters. The largest absolute Gasteiger partial charge is 0.351 e. The van der Waals surface area contributed by atoms with Crippen LogP contribution >= 0.6 is 11.8 Å². The standard InChI is InChI=1S/C22H23N3OS/c1-14-9-10-17-12-21(27-20(17)11-14)22(26)23-13-19-15(2)24-25(16(19)3)18-7-5-4-6-8-18/h4-11,21H,12-13H2,1-3H3,(H,23,26). The SMILES string of the molecule is Cc1ccc2c(c1)SC(C(=O)NCc1c(C)nn(-c3ccccc3)c1C)C2. The number of carbonyl (C=O) groups is 1. The Bertz CT molecular complexity index is 994. The summed E-state index contributed by atoms with van der Waals surface area (Å²) in [5.41, 5.74) is 6.65. The normalized spacial score (nSPS) is 15.6. The first-order chi connectivity index (χ1) is 13.0. The van der Waals surface area contributed by atoms with Gasteiger partial charge in [-0.15, -0.1) is 11.8 Å². The quantitative estimate of drug-likeness (QED) is 0.744. The van der Waals surface area contributed by atoms with E-state index in [1.165, 1.54) is 16.0 Å². The van der Waals surface area contributed by atoms with E-state index in [-0.39, 0.29) is 11.2 Å². The molecule has 138 valence electrons. The lowest BCUT2D eigenvalue weighted by molar-refractivity contribution is -0.120. The molecule has 0 radical (unpaired) electrons. The summed E-state index contributed by atoms with van der Waals surface area (Å²) in [4.78, 5) is 13.9. The van der Waals surface area contributed by atoms with Gasteiger partial charge in [-0.1, -0.05) is 35.9 Å². The van der Waals surface area contributed by atoms with Gasteiger partial charge < -0.3 is 5.32 Å². The van der Waals surface area contributed by atoms with Gasteiger partial charge in [-0.05, 0) is 51.0 Å². The summed E-state index contributed by atoms with van der Waals surface area (Å²) in [7, 11) is 0. The highest BCUT2D eigenvalue weighted by Crippen LogP contribution is 2.37. The van der Waals surface area contributed by atoms with Gasteiger partial charge in [0.25, 0.3) is 0 Å². The summed E-state index contributed by atoms with van der Waals surface area (Å²) in [5.74, 6) is 0.0973. The Morgan fingerprint density at radius 3 is 2.74 bits per heavy atom. The number of hydrogen-bond acceptors (Lipinski definition) is 3. The summed E-state index contributed by atoms with van der Waals surface area (Å²) in [6, 6.07) is 16.5. The first kappa shape index (κ1) is 17.9. The molecule has 5 heteroatoms. The Labute approximate surface area is 164 Å². The minimum atomic E-state index is -0.0495. The van der Waals surface area contributed by atoms with Crippen molar-refractivity contribution in [2.24, 2.45) is 0 Å². The van der Waals surface area contributed by atoms with Gasteiger partial charge in [0, 0.05) is 22.7 Å². The van der Waals surface area contributed by atoms with Gasteiger partial charge in [0.1, 0.15) is 0 Å². The van der Waals surface area contributed by atoms with Crippen LogP contribution < -0.4 is 5.32 Å². The fourth-order valence-electron chi connectivity index (χ4n) is 3.52. The number of carbonyl (C=O) groups excluding carboxylic acids is 1. The molecule has 0 aliphatic carbocycles. The Balaban J connectivity index is 1.45. The van der Waals surface area contributed by atoms with Crippen LogP contribution in [0.1, 0.15) is 28.1 Å². The highest BCUT2D eigenvalue weighted by atomic mass is 32.2. The van der Waals surface area contributed by atoms with Crippen LogP contribution in [0.4, 0.5) is 0 Å². The summed E-state index contributed by atoms with van der Waals surface area (Å²) in [6.45, 7) is 6.65. The number of hydrogen-bond donors (Lipinski definition) is 1. The number of aromatic nitrogens is 2. The van der Waals surface area contributed by atoms with Gasteiger partial charge in [-0.3, -0.25) is 4.79 Å². The zero-order chi connectivity index (χ0) is 19.0. The second-order valence-electron chi connectivity index (χ2n) is 7.04. The second-order valence-corrected chi connectivity index (χ2v) is 8.28. The van der Waals surface area contributed by atoms with Crippen molar-refractivity contribution in [2.75, 3.05) is 0 Å². The minimum absolute atomic E-state index is 0.0495. The Hall–Kier alpha value is -2.53. The van der Waals surface area contributed by atoms with Crippen LogP contribution in [-0.2, 0) is 17.8 Å². The number of fused-ring (bicyclic) bond motifs is 1. The van der Waals surface area contributed by atoms with E-state index in [2.05, 4.69) is 42.5 Å². The van der Waals surface area contributed by atoms with Gasteiger partial charge in [0.15, 0.2) is 0 Å². The van der Waals surface area contributed by atoms with E-state index in [0.29, 0.717) is 6.54 Å². The minimum Gasteiger partial charge on any atom is -0.351 e. The third-order valence-electron chi connectivity index (χ3n) is 5.07. The molecule has 0 fully saturated rings. The van der Waals surface area contributed by atoms with Gasteiger partial charge in [0.05, 0.1) is 16.6 Å². The first-order valence-corrected chi connectivity index (χ1v) is 10.1. The van der Waals surface area contributed by atoms with Crippen LogP contribution in [0, 0.1) is 20.8 Å². The molecule has 3 aromatic rings. The number of thioether (sulfide) groups is 1. The molecule has 1 aromatic heterocycles. The number of benzene rings is 2. The van der Waals surface area contributed by atoms with Crippen LogP contribution in [0.3, 0.4) is 0 Å². The molecule has 1 aliphatic rings. The van der Waals surface area contributed by atoms with Crippen molar-refractivity contribution in [3.63, 3.8) is 0 Å². The monoisotopic (exact) mass is 377 g/mol. The average Bonchev–Trinajstić information content (AvgIpc) is 3.21. The molecule has 0 bridgehead atoms. The van der Waals surface area contributed by atoms with E-state index >= 15 is 0 Å². The molecule has 1 atom stereocenters. The van der Waals surface area contributed by atoms with Crippen molar-refractivity contribution in [1.29, 1.82) is 0 Å². The van der Waals surface area contributed by atoms with Crippen molar-refractivity contribution in [2.45, 2.75) is 43.9 Å². The average molecular weight is 378 g/mol. The maximum Gasteiger partial charge on any atom is 0.234 e. The van der Waals surface area contributed by atoms with Crippen molar-refractivity contribution >= 4 is 17.7 Å². The van der Waals surface area contributed by atoms with Gasteiger partial charge in [-0.2, -0.15) is 5.10 Å². The predicted octanol–water partition coefficient (Wildman–Crippen LogP) is 4.13. The van der Waals surface area contributed by atoms with Gasteiger partial charge in [0.2, 0.25) is 5.91 Å². The summed E-state index contributed by atoms with van der Waals surface area (Å²) in [5, 5.41) is 7.73. The number of para-hydroxylation sites is 1.